The Morgan fingerprint density at radius 1 is 1.09 bits per heavy atom. The second kappa shape index (κ2) is 9.62. The first-order valence-corrected chi connectivity index (χ1v) is 12.1. The van der Waals surface area contributed by atoms with Gasteiger partial charge in [0, 0.05) is 35.4 Å². The van der Waals surface area contributed by atoms with E-state index < -0.39 is 0 Å². The lowest BCUT2D eigenvalue weighted by Gasteiger charge is -2.08. The summed E-state index contributed by atoms with van der Waals surface area (Å²) in [5.74, 6) is 0.876. The van der Waals surface area contributed by atoms with Crippen LogP contribution in [-0.4, -0.2) is 36.4 Å². The van der Waals surface area contributed by atoms with Crippen molar-refractivity contribution < 1.29 is 4.79 Å². The van der Waals surface area contributed by atoms with E-state index in [1.165, 1.54) is 39.8 Å². The fraction of sp³-hybridized carbons (Fsp3) is 0.261. The third-order valence-electron chi connectivity index (χ3n) is 5.17. The molecule has 0 aliphatic rings. The highest BCUT2D eigenvalue weighted by Crippen LogP contribution is 2.30. The van der Waals surface area contributed by atoms with E-state index in [2.05, 4.69) is 58.4 Å². The zero-order valence-electron chi connectivity index (χ0n) is 18.4. The van der Waals surface area contributed by atoms with E-state index in [1.54, 1.807) is 12.4 Å². The van der Waals surface area contributed by atoms with E-state index >= 15 is 0 Å². The van der Waals surface area contributed by atoms with Crippen molar-refractivity contribution in [2.75, 3.05) is 11.1 Å². The number of hydrogen-bond acceptors (Lipinski definition) is 7. The minimum absolute atomic E-state index is 0.121. The third-order valence-corrected chi connectivity index (χ3v) is 6.90. The Kier molecular flexibility index (Phi) is 6.66. The maximum Gasteiger partial charge on any atom is 0.236 e. The number of nitrogens with zero attached hydrogens (tertiary/aromatic N) is 5. The van der Waals surface area contributed by atoms with Crippen molar-refractivity contribution in [1.82, 2.24) is 24.7 Å². The first-order valence-electron chi connectivity index (χ1n) is 10.3. The van der Waals surface area contributed by atoms with Crippen LogP contribution in [0.2, 0.25) is 0 Å². The maximum atomic E-state index is 12.5. The van der Waals surface area contributed by atoms with Crippen molar-refractivity contribution >= 4 is 34.1 Å². The van der Waals surface area contributed by atoms with Crippen molar-refractivity contribution in [3.8, 4) is 22.6 Å². The van der Waals surface area contributed by atoms with Crippen LogP contribution < -0.4 is 5.32 Å². The molecule has 164 valence electrons. The molecular formula is C23H24N6OS2. The quantitative estimate of drug-likeness (QED) is 0.381. The van der Waals surface area contributed by atoms with Crippen molar-refractivity contribution in [2.24, 2.45) is 0 Å². The molecule has 0 saturated heterocycles. The second-order valence-electron chi connectivity index (χ2n) is 7.41. The lowest BCUT2D eigenvalue weighted by Crippen LogP contribution is -2.14. The van der Waals surface area contributed by atoms with Crippen LogP contribution in [0, 0.1) is 20.8 Å². The minimum atomic E-state index is -0.121. The Labute approximate surface area is 195 Å². The summed E-state index contributed by atoms with van der Waals surface area (Å²) < 4.78 is 2.00. The summed E-state index contributed by atoms with van der Waals surface area (Å²) >= 11 is 2.79. The molecule has 9 heteroatoms. The number of rotatable bonds is 7. The molecule has 0 aliphatic carbocycles. The largest absolute Gasteiger partial charge is 0.302 e. The van der Waals surface area contributed by atoms with Gasteiger partial charge in [-0.1, -0.05) is 17.8 Å². The molecule has 0 aliphatic heterocycles. The van der Waals surface area contributed by atoms with Gasteiger partial charge in [-0.25, -0.2) is 4.98 Å². The standard InChI is InChI=1S/C23H24N6OS2/c1-5-29-21(17-6-8-24-9-7-17)27-28-23(29)32-13-20(30)26-22-25-19(12-31-22)18-11-15(3)14(2)10-16(18)4/h6-12H,5,13H2,1-4H3,(H,25,26,30). The van der Waals surface area contributed by atoms with Crippen molar-refractivity contribution in [2.45, 2.75) is 39.4 Å². The fourth-order valence-electron chi connectivity index (χ4n) is 3.37. The molecule has 0 bridgehead atoms. The summed E-state index contributed by atoms with van der Waals surface area (Å²) in [4.78, 5) is 21.2. The first kappa shape index (κ1) is 22.2. The van der Waals surface area contributed by atoms with Crippen LogP contribution in [0.5, 0.6) is 0 Å². The summed E-state index contributed by atoms with van der Waals surface area (Å²) in [6, 6.07) is 8.12. The molecular weight excluding hydrogens is 440 g/mol. The minimum Gasteiger partial charge on any atom is -0.302 e. The van der Waals surface area contributed by atoms with Gasteiger partial charge in [0.05, 0.1) is 11.4 Å². The highest BCUT2D eigenvalue weighted by molar-refractivity contribution is 7.99. The highest BCUT2D eigenvalue weighted by atomic mass is 32.2. The lowest BCUT2D eigenvalue weighted by atomic mass is 9.99. The molecule has 3 aromatic heterocycles. The molecule has 0 radical (unpaired) electrons. The Hall–Kier alpha value is -3.04. The van der Waals surface area contributed by atoms with Gasteiger partial charge in [0.1, 0.15) is 0 Å². The molecule has 0 saturated carbocycles. The molecule has 0 atom stereocenters. The van der Waals surface area contributed by atoms with E-state index in [-0.39, 0.29) is 11.7 Å². The molecule has 1 amide bonds. The van der Waals surface area contributed by atoms with E-state index in [1.807, 2.05) is 29.0 Å². The zero-order valence-corrected chi connectivity index (χ0v) is 20.0. The second-order valence-corrected chi connectivity index (χ2v) is 9.21. The van der Waals surface area contributed by atoms with Gasteiger partial charge < -0.3 is 9.88 Å². The highest BCUT2D eigenvalue weighted by Gasteiger charge is 2.16. The van der Waals surface area contributed by atoms with Gasteiger partial charge in [0.2, 0.25) is 5.91 Å². The number of benzene rings is 1. The third kappa shape index (κ3) is 4.73. The van der Waals surface area contributed by atoms with Gasteiger partial charge in [-0.3, -0.25) is 9.78 Å². The molecule has 32 heavy (non-hydrogen) atoms. The number of carbonyl (C=O) groups is 1. The Morgan fingerprint density at radius 3 is 2.59 bits per heavy atom. The number of carbonyl (C=O) groups excluding carboxylic acids is 1. The van der Waals surface area contributed by atoms with Gasteiger partial charge in [-0.15, -0.1) is 21.5 Å². The van der Waals surface area contributed by atoms with Crippen molar-refractivity contribution in [3.63, 3.8) is 0 Å². The van der Waals surface area contributed by atoms with Gasteiger partial charge >= 0.3 is 0 Å². The van der Waals surface area contributed by atoms with Crippen LogP contribution in [0.4, 0.5) is 5.13 Å². The number of anilines is 1. The summed E-state index contributed by atoms with van der Waals surface area (Å²) in [5.41, 5.74) is 6.59. The number of thiazole rings is 1. The van der Waals surface area contributed by atoms with Crippen LogP contribution in [0.25, 0.3) is 22.6 Å². The maximum absolute atomic E-state index is 12.5. The number of hydrogen-bond donors (Lipinski definition) is 1. The number of nitrogens with one attached hydrogen (secondary N) is 1. The van der Waals surface area contributed by atoms with Crippen LogP contribution in [-0.2, 0) is 11.3 Å². The van der Waals surface area contributed by atoms with E-state index in [4.69, 9.17) is 0 Å². The molecule has 0 spiro atoms. The number of aromatic nitrogens is 5. The van der Waals surface area contributed by atoms with Gasteiger partial charge in [-0.05, 0) is 62.6 Å². The average molecular weight is 465 g/mol. The molecule has 4 aromatic rings. The predicted octanol–water partition coefficient (Wildman–Crippen LogP) is 5.14. The summed E-state index contributed by atoms with van der Waals surface area (Å²) in [6.07, 6.45) is 3.46. The summed E-state index contributed by atoms with van der Waals surface area (Å²) in [7, 11) is 0. The lowest BCUT2D eigenvalue weighted by molar-refractivity contribution is -0.113. The normalized spacial score (nSPS) is 11.0. The molecule has 1 N–H and O–H groups in total. The topological polar surface area (TPSA) is 85.6 Å². The first-order chi connectivity index (χ1) is 15.5. The van der Waals surface area contributed by atoms with Crippen molar-refractivity contribution in [3.05, 3.63) is 58.7 Å². The molecule has 0 unspecified atom stereocenters. The van der Waals surface area contributed by atoms with E-state index in [0.29, 0.717) is 16.8 Å². The van der Waals surface area contributed by atoms with Crippen LogP contribution in [0.1, 0.15) is 23.6 Å². The predicted molar refractivity (Wildman–Crippen MR) is 130 cm³/mol. The van der Waals surface area contributed by atoms with Crippen molar-refractivity contribution in [1.29, 1.82) is 0 Å². The fourth-order valence-corrected chi connectivity index (χ4v) is 4.90. The molecule has 4 rings (SSSR count). The van der Waals surface area contributed by atoms with Gasteiger partial charge in [0.15, 0.2) is 16.1 Å². The summed E-state index contributed by atoms with van der Waals surface area (Å²) in [6.45, 7) is 9.03. The monoisotopic (exact) mass is 464 g/mol. The van der Waals surface area contributed by atoms with Gasteiger partial charge in [-0.2, -0.15) is 0 Å². The van der Waals surface area contributed by atoms with Gasteiger partial charge in [0.25, 0.3) is 0 Å². The Balaban J connectivity index is 1.42. The number of amides is 1. The van der Waals surface area contributed by atoms with Crippen LogP contribution in [0.15, 0.2) is 47.2 Å². The molecule has 7 nitrogen and oxygen atoms in total. The molecule has 1 aromatic carbocycles. The Morgan fingerprint density at radius 2 is 1.84 bits per heavy atom. The Bertz CT molecular complexity index is 1250. The zero-order chi connectivity index (χ0) is 22.7. The van der Waals surface area contributed by atoms with Crippen LogP contribution >= 0.6 is 23.1 Å². The number of aryl methyl sites for hydroxylation is 3. The molecule has 3 heterocycles. The van der Waals surface area contributed by atoms with Crippen LogP contribution in [0.3, 0.4) is 0 Å². The number of thioether (sulfide) groups is 1. The van der Waals surface area contributed by atoms with E-state index in [0.717, 1.165) is 22.6 Å². The molecule has 0 fully saturated rings. The smallest absolute Gasteiger partial charge is 0.236 e. The number of pyridine rings is 1. The SMILES string of the molecule is CCn1c(SCC(=O)Nc2nc(-c3cc(C)c(C)cc3C)cs2)nnc1-c1ccncc1. The average Bonchev–Trinajstić information content (AvgIpc) is 3.42. The summed E-state index contributed by atoms with van der Waals surface area (Å²) in [5, 5.41) is 14.8. The van der Waals surface area contributed by atoms with E-state index in [9.17, 15) is 4.79 Å².